The summed E-state index contributed by atoms with van der Waals surface area (Å²) in [6.45, 7) is 4.68. The largest absolute Gasteiger partial charge is 0.368 e. The van der Waals surface area contributed by atoms with Crippen molar-refractivity contribution in [3.8, 4) is 11.3 Å². The number of piperidine rings is 1. The summed E-state index contributed by atoms with van der Waals surface area (Å²) in [6, 6.07) is 6.80. The maximum absolute atomic E-state index is 15.3. The number of nitrogens with one attached hydrogen (secondary N) is 2. The lowest BCUT2D eigenvalue weighted by atomic mass is 9.89. The van der Waals surface area contributed by atoms with E-state index in [-0.39, 0.29) is 53.6 Å². The molecule has 2 aliphatic rings. The Morgan fingerprint density at radius 2 is 1.83 bits per heavy atom. The summed E-state index contributed by atoms with van der Waals surface area (Å²) in [7, 11) is 0. The second-order valence-corrected chi connectivity index (χ2v) is 11.4. The summed E-state index contributed by atoms with van der Waals surface area (Å²) in [4.78, 5) is 22.5. The van der Waals surface area contributed by atoms with E-state index in [2.05, 4.69) is 30.6 Å². The van der Waals surface area contributed by atoms with Gasteiger partial charge in [-0.15, -0.1) is 0 Å². The van der Waals surface area contributed by atoms with Gasteiger partial charge in [0.25, 0.3) is 0 Å². The number of hydrogen-bond acceptors (Lipinski definition) is 7. The predicted octanol–water partition coefficient (Wildman–Crippen LogP) is 4.84. The molecule has 3 unspecified atom stereocenters. The molecular weight excluding hydrogens is 545 g/mol. The smallest absolute Gasteiger partial charge is 0.229 e. The number of imidazole rings is 1. The Balaban J connectivity index is 1.30. The molecule has 1 aliphatic carbocycles. The van der Waals surface area contributed by atoms with Crippen molar-refractivity contribution in [1.82, 2.24) is 24.9 Å². The van der Waals surface area contributed by atoms with E-state index in [0.717, 1.165) is 17.8 Å². The summed E-state index contributed by atoms with van der Waals surface area (Å²) in [5, 5.41) is 10.7. The fourth-order valence-electron chi connectivity index (χ4n) is 6.29. The molecule has 42 heavy (non-hydrogen) atoms. The van der Waals surface area contributed by atoms with E-state index in [0.29, 0.717) is 43.1 Å². The van der Waals surface area contributed by atoms with E-state index in [1.54, 1.807) is 24.7 Å². The van der Waals surface area contributed by atoms with Crippen LogP contribution >= 0.6 is 0 Å². The van der Waals surface area contributed by atoms with Crippen molar-refractivity contribution in [2.24, 2.45) is 11.7 Å². The number of anilines is 3. The fourth-order valence-corrected chi connectivity index (χ4v) is 6.29. The van der Waals surface area contributed by atoms with Gasteiger partial charge in [0.1, 0.15) is 17.3 Å². The highest BCUT2D eigenvalue weighted by molar-refractivity contribution is 5.75. The lowest BCUT2D eigenvalue weighted by Gasteiger charge is -2.42. The maximum Gasteiger partial charge on any atom is 0.229 e. The molecule has 3 atom stereocenters. The number of aromatic nitrogens is 4. The van der Waals surface area contributed by atoms with E-state index in [9.17, 15) is 4.79 Å². The van der Waals surface area contributed by atoms with E-state index in [1.165, 1.54) is 17.5 Å². The van der Waals surface area contributed by atoms with Crippen molar-refractivity contribution in [3.05, 3.63) is 66.1 Å². The van der Waals surface area contributed by atoms with Gasteiger partial charge < -0.3 is 21.3 Å². The van der Waals surface area contributed by atoms with Gasteiger partial charge in [0.05, 0.1) is 40.5 Å². The number of amides is 1. The molecule has 9 nitrogen and oxygen atoms in total. The lowest BCUT2D eigenvalue weighted by molar-refractivity contribution is -0.120. The monoisotopic (exact) mass is 578 g/mol. The molecule has 0 radical (unpaired) electrons. The number of fused-ring (bicyclic) bond motifs is 1. The van der Waals surface area contributed by atoms with Crippen molar-refractivity contribution in [2.75, 3.05) is 23.3 Å². The molecule has 1 saturated carbocycles. The zero-order valence-electron chi connectivity index (χ0n) is 23.4. The Morgan fingerprint density at radius 3 is 2.52 bits per heavy atom. The Morgan fingerprint density at radius 1 is 1.10 bits per heavy atom. The summed E-state index contributed by atoms with van der Waals surface area (Å²) < 4.78 is 47.3. The molecule has 4 aromatic rings. The SMILES string of the molecule is CC(=O)NC1C(C)CN(c2ccncc2Nc2ncc3ccc(-c4c(F)cc(C5(F)CCCC5)cc4F)nn23)CC1N. The molecule has 220 valence electrons. The zero-order valence-corrected chi connectivity index (χ0v) is 23.4. The van der Waals surface area contributed by atoms with Gasteiger partial charge in [-0.3, -0.25) is 9.78 Å². The van der Waals surface area contributed by atoms with E-state index >= 15 is 13.2 Å². The van der Waals surface area contributed by atoms with Gasteiger partial charge in [-0.2, -0.15) is 9.61 Å². The molecule has 0 spiro atoms. The van der Waals surface area contributed by atoms with Crippen LogP contribution in [0.5, 0.6) is 0 Å². The van der Waals surface area contributed by atoms with Gasteiger partial charge in [0.2, 0.25) is 11.9 Å². The molecule has 6 rings (SSSR count). The minimum Gasteiger partial charge on any atom is -0.368 e. The first kappa shape index (κ1) is 28.0. The Bertz CT molecular complexity index is 1600. The normalized spacial score (nSPS) is 22.0. The van der Waals surface area contributed by atoms with E-state index in [1.807, 2.05) is 13.0 Å². The zero-order chi connectivity index (χ0) is 29.6. The highest BCUT2D eigenvalue weighted by Crippen LogP contribution is 2.44. The number of carbonyl (C=O) groups excluding carboxylic acids is 1. The van der Waals surface area contributed by atoms with Crippen LogP contribution in [-0.2, 0) is 10.5 Å². The van der Waals surface area contributed by atoms with Crippen molar-refractivity contribution in [1.29, 1.82) is 0 Å². The molecule has 0 bridgehead atoms. The van der Waals surface area contributed by atoms with Crippen LogP contribution in [0.15, 0.2) is 48.9 Å². The third kappa shape index (κ3) is 5.15. The predicted molar refractivity (Wildman–Crippen MR) is 154 cm³/mol. The summed E-state index contributed by atoms with van der Waals surface area (Å²) >= 11 is 0. The topological polar surface area (TPSA) is 113 Å². The number of alkyl halides is 1. The molecule has 1 aliphatic heterocycles. The standard InChI is InChI=1S/C30H33F3N8O/c1-17-15-40(16-23(34)28(17)37-18(2)42)26-7-10-35-14-25(26)38-29-36-13-20-5-6-24(39-41(20)29)27-21(31)11-19(12-22(27)32)30(33)8-3-4-9-30/h5-7,10-14,17,23,28H,3-4,8-9,15-16,34H2,1-2H3,(H,36,38)(H,37,42). The molecule has 4 heterocycles. The Kier molecular flexibility index (Phi) is 7.25. The third-order valence-electron chi connectivity index (χ3n) is 8.36. The van der Waals surface area contributed by atoms with E-state index < -0.39 is 17.3 Å². The Hall–Kier alpha value is -4.19. The summed E-state index contributed by atoms with van der Waals surface area (Å²) in [5.74, 6) is -1.43. The number of nitrogens with zero attached hydrogens (tertiary/aromatic N) is 5. The van der Waals surface area contributed by atoms with Crippen LogP contribution in [-0.4, -0.2) is 50.7 Å². The second-order valence-electron chi connectivity index (χ2n) is 11.4. The van der Waals surface area contributed by atoms with Crippen molar-refractivity contribution in [2.45, 2.75) is 57.3 Å². The van der Waals surface area contributed by atoms with Gasteiger partial charge in [0, 0.05) is 38.3 Å². The number of benzene rings is 1. The van der Waals surface area contributed by atoms with Crippen molar-refractivity contribution >= 4 is 28.7 Å². The number of hydrogen-bond donors (Lipinski definition) is 3. The highest BCUT2D eigenvalue weighted by Gasteiger charge is 2.37. The van der Waals surface area contributed by atoms with Gasteiger partial charge in [0.15, 0.2) is 0 Å². The first-order chi connectivity index (χ1) is 20.1. The average Bonchev–Trinajstić information content (AvgIpc) is 3.57. The summed E-state index contributed by atoms with van der Waals surface area (Å²) in [6.07, 6.45) is 6.83. The van der Waals surface area contributed by atoms with Crippen LogP contribution in [0.25, 0.3) is 16.8 Å². The summed E-state index contributed by atoms with van der Waals surface area (Å²) in [5.41, 5.74) is 6.58. The highest BCUT2D eigenvalue weighted by atomic mass is 19.1. The third-order valence-corrected chi connectivity index (χ3v) is 8.36. The molecule has 1 aromatic carbocycles. The van der Waals surface area contributed by atoms with Gasteiger partial charge >= 0.3 is 0 Å². The van der Waals surface area contributed by atoms with Crippen LogP contribution < -0.4 is 21.3 Å². The van der Waals surface area contributed by atoms with Crippen LogP contribution in [0.2, 0.25) is 0 Å². The Labute approximate surface area is 241 Å². The quantitative estimate of drug-likeness (QED) is 0.300. The average molecular weight is 579 g/mol. The number of rotatable bonds is 6. The number of carbonyl (C=O) groups is 1. The van der Waals surface area contributed by atoms with Gasteiger partial charge in [-0.05, 0) is 67.5 Å². The first-order valence-electron chi connectivity index (χ1n) is 14.2. The minimum atomic E-state index is -1.71. The molecular formula is C30H33F3N8O. The van der Waals surface area contributed by atoms with Crippen LogP contribution in [0.1, 0.15) is 45.1 Å². The van der Waals surface area contributed by atoms with Gasteiger partial charge in [-0.1, -0.05) is 6.92 Å². The van der Waals surface area contributed by atoms with Crippen LogP contribution in [0.3, 0.4) is 0 Å². The van der Waals surface area contributed by atoms with Gasteiger partial charge in [-0.25, -0.2) is 18.2 Å². The lowest BCUT2D eigenvalue weighted by Crippen LogP contribution is -2.61. The van der Waals surface area contributed by atoms with Crippen molar-refractivity contribution in [3.63, 3.8) is 0 Å². The molecule has 1 saturated heterocycles. The molecule has 3 aromatic heterocycles. The van der Waals surface area contributed by atoms with Crippen LogP contribution in [0, 0.1) is 17.6 Å². The number of pyridine rings is 1. The first-order valence-corrected chi connectivity index (χ1v) is 14.2. The molecule has 2 fully saturated rings. The maximum atomic E-state index is 15.3. The minimum absolute atomic E-state index is 0.0315. The van der Waals surface area contributed by atoms with E-state index in [4.69, 9.17) is 5.73 Å². The van der Waals surface area contributed by atoms with Crippen molar-refractivity contribution < 1.29 is 18.0 Å². The molecule has 1 amide bonds. The molecule has 4 N–H and O–H groups in total. The molecule has 12 heteroatoms. The second kappa shape index (κ2) is 10.9. The number of nitrogens with two attached hydrogens (primary N) is 1. The number of halogens is 3. The van der Waals surface area contributed by atoms with Crippen LogP contribution in [0.4, 0.5) is 30.5 Å². The fraction of sp³-hybridized carbons (Fsp3) is 0.400.